The fourth-order valence-corrected chi connectivity index (χ4v) is 2.92. The molecule has 0 aromatic heterocycles. The second kappa shape index (κ2) is 10.6. The van der Waals surface area contributed by atoms with E-state index in [0.29, 0.717) is 35.7 Å². The molecule has 27 heavy (non-hydrogen) atoms. The van der Waals surface area contributed by atoms with Crippen molar-refractivity contribution in [3.05, 3.63) is 64.2 Å². The topological polar surface area (TPSA) is 75.6 Å². The van der Waals surface area contributed by atoms with Crippen molar-refractivity contribution in [1.82, 2.24) is 5.32 Å². The van der Waals surface area contributed by atoms with Crippen molar-refractivity contribution in [2.24, 2.45) is 0 Å². The van der Waals surface area contributed by atoms with Crippen LogP contribution in [-0.2, 0) is 17.6 Å². The van der Waals surface area contributed by atoms with E-state index in [1.807, 2.05) is 12.1 Å². The molecule has 0 spiro atoms. The number of rotatable bonds is 10. The minimum Gasteiger partial charge on any atom is -0.496 e. The van der Waals surface area contributed by atoms with Gasteiger partial charge in [0.2, 0.25) is 0 Å². The summed E-state index contributed by atoms with van der Waals surface area (Å²) in [7, 11) is 1.52. The van der Waals surface area contributed by atoms with Crippen LogP contribution < -0.4 is 10.1 Å². The summed E-state index contributed by atoms with van der Waals surface area (Å²) in [5, 5.41) is 12.0. The maximum atomic E-state index is 12.3. The van der Waals surface area contributed by atoms with Crippen LogP contribution in [0, 0.1) is 0 Å². The zero-order valence-corrected chi connectivity index (χ0v) is 16.1. The molecule has 2 aromatic carbocycles. The van der Waals surface area contributed by atoms with Gasteiger partial charge in [-0.1, -0.05) is 35.9 Å². The molecule has 2 rings (SSSR count). The quantitative estimate of drug-likeness (QED) is 0.599. The lowest BCUT2D eigenvalue weighted by atomic mass is 10.0. The Hall–Kier alpha value is -2.53. The maximum Gasteiger partial charge on any atom is 0.303 e. The van der Waals surface area contributed by atoms with Crippen LogP contribution >= 0.6 is 11.6 Å². The molecule has 2 aromatic rings. The molecule has 0 saturated heterocycles. The lowest BCUT2D eigenvalue weighted by Gasteiger charge is -2.10. The fraction of sp³-hybridized carbons (Fsp3) is 0.333. The number of carboxylic acid groups (broad SMARTS) is 1. The van der Waals surface area contributed by atoms with Crippen molar-refractivity contribution in [1.29, 1.82) is 0 Å². The van der Waals surface area contributed by atoms with Crippen LogP contribution in [0.2, 0.25) is 5.02 Å². The molecular formula is C21H24ClNO4. The molecule has 6 heteroatoms. The van der Waals surface area contributed by atoms with E-state index in [4.69, 9.17) is 21.4 Å². The fourth-order valence-electron chi connectivity index (χ4n) is 2.75. The molecule has 1 amide bonds. The van der Waals surface area contributed by atoms with Crippen molar-refractivity contribution >= 4 is 23.5 Å². The number of methoxy groups -OCH3 is 1. The van der Waals surface area contributed by atoms with E-state index < -0.39 is 5.97 Å². The molecule has 0 aliphatic carbocycles. The van der Waals surface area contributed by atoms with E-state index in [0.717, 1.165) is 18.4 Å². The Bertz CT molecular complexity index is 774. The number of hydrogen-bond donors (Lipinski definition) is 2. The highest BCUT2D eigenvalue weighted by molar-refractivity contribution is 6.31. The number of aliphatic carboxylic acids is 1. The maximum absolute atomic E-state index is 12.3. The molecule has 0 fully saturated rings. The summed E-state index contributed by atoms with van der Waals surface area (Å²) in [5.41, 5.74) is 2.74. The van der Waals surface area contributed by atoms with E-state index in [2.05, 4.69) is 17.4 Å². The van der Waals surface area contributed by atoms with Crippen molar-refractivity contribution in [3.63, 3.8) is 0 Å². The molecule has 0 bridgehead atoms. The van der Waals surface area contributed by atoms with Crippen LogP contribution in [0.5, 0.6) is 5.75 Å². The molecule has 0 radical (unpaired) electrons. The monoisotopic (exact) mass is 389 g/mol. The molecule has 5 nitrogen and oxygen atoms in total. The van der Waals surface area contributed by atoms with Crippen molar-refractivity contribution < 1.29 is 19.4 Å². The number of aryl methyl sites for hydroxylation is 1. The lowest BCUT2D eigenvalue weighted by molar-refractivity contribution is -0.137. The van der Waals surface area contributed by atoms with Gasteiger partial charge in [-0.2, -0.15) is 0 Å². The average molecular weight is 390 g/mol. The first-order valence-corrected chi connectivity index (χ1v) is 9.28. The number of ether oxygens (including phenoxy) is 1. The molecule has 0 saturated carbocycles. The van der Waals surface area contributed by atoms with E-state index in [1.54, 1.807) is 18.2 Å². The normalized spacial score (nSPS) is 10.4. The number of carbonyl (C=O) groups excluding carboxylic acids is 1. The van der Waals surface area contributed by atoms with Gasteiger partial charge < -0.3 is 15.2 Å². The van der Waals surface area contributed by atoms with Gasteiger partial charge in [-0.3, -0.25) is 9.59 Å². The second-order valence-corrected chi connectivity index (χ2v) is 6.70. The molecule has 0 atom stereocenters. The molecule has 0 aliphatic rings. The van der Waals surface area contributed by atoms with Crippen LogP contribution in [0.15, 0.2) is 42.5 Å². The van der Waals surface area contributed by atoms with E-state index in [1.165, 1.54) is 12.7 Å². The van der Waals surface area contributed by atoms with Gasteiger partial charge in [-0.25, -0.2) is 0 Å². The smallest absolute Gasteiger partial charge is 0.303 e. The van der Waals surface area contributed by atoms with Crippen LogP contribution in [0.1, 0.15) is 40.7 Å². The Balaban J connectivity index is 1.79. The zero-order valence-electron chi connectivity index (χ0n) is 15.3. The van der Waals surface area contributed by atoms with Gasteiger partial charge in [0.05, 0.1) is 12.7 Å². The highest BCUT2D eigenvalue weighted by Gasteiger charge is 2.12. The van der Waals surface area contributed by atoms with Gasteiger partial charge in [0.15, 0.2) is 0 Å². The minimum absolute atomic E-state index is 0.217. The highest BCUT2D eigenvalue weighted by Crippen LogP contribution is 2.22. The Morgan fingerprint density at radius 1 is 1.04 bits per heavy atom. The first-order valence-electron chi connectivity index (χ1n) is 8.91. The summed E-state index contributed by atoms with van der Waals surface area (Å²) in [6.07, 6.45) is 3.36. The van der Waals surface area contributed by atoms with Gasteiger partial charge in [0.1, 0.15) is 5.75 Å². The van der Waals surface area contributed by atoms with Crippen LogP contribution in [0.3, 0.4) is 0 Å². The summed E-state index contributed by atoms with van der Waals surface area (Å²) in [4.78, 5) is 22.8. The number of unbranched alkanes of at least 4 members (excludes halogenated alkanes) is 1. The summed E-state index contributed by atoms with van der Waals surface area (Å²) >= 11 is 5.96. The van der Waals surface area contributed by atoms with Gasteiger partial charge in [-0.05, 0) is 55.0 Å². The van der Waals surface area contributed by atoms with Crippen molar-refractivity contribution in [2.45, 2.75) is 32.1 Å². The lowest BCUT2D eigenvalue weighted by Crippen LogP contribution is -2.26. The highest BCUT2D eigenvalue weighted by atomic mass is 35.5. The SMILES string of the molecule is COc1ccc(Cl)cc1C(=O)NCCc1ccc(CCCCC(=O)O)cc1. The first-order chi connectivity index (χ1) is 13.0. The number of hydrogen-bond acceptors (Lipinski definition) is 3. The number of carboxylic acids is 1. The number of carbonyl (C=O) groups is 2. The standard InChI is InChI=1S/C21H24ClNO4/c1-27-19-11-10-17(22)14-18(19)21(26)23-13-12-16-8-6-15(7-9-16)4-2-3-5-20(24)25/h6-11,14H,2-5,12-13H2,1H3,(H,23,26)(H,24,25). The second-order valence-electron chi connectivity index (χ2n) is 6.27. The van der Waals surface area contributed by atoms with Crippen LogP contribution in [0.4, 0.5) is 0 Å². The Morgan fingerprint density at radius 2 is 1.70 bits per heavy atom. The Labute approximate surface area is 164 Å². The third-order valence-electron chi connectivity index (χ3n) is 4.23. The minimum atomic E-state index is -0.747. The summed E-state index contributed by atoms with van der Waals surface area (Å²) in [6.45, 7) is 0.506. The van der Waals surface area contributed by atoms with E-state index in [9.17, 15) is 9.59 Å². The predicted molar refractivity (Wildman–Crippen MR) is 106 cm³/mol. The van der Waals surface area contributed by atoms with Crippen molar-refractivity contribution in [2.75, 3.05) is 13.7 Å². The molecule has 2 N–H and O–H groups in total. The molecule has 0 aliphatic heterocycles. The average Bonchev–Trinajstić information content (AvgIpc) is 2.66. The predicted octanol–water partition coefficient (Wildman–Crippen LogP) is 4.12. The number of halogens is 1. The summed E-state index contributed by atoms with van der Waals surface area (Å²) < 4.78 is 5.20. The van der Waals surface area contributed by atoms with Gasteiger partial charge in [-0.15, -0.1) is 0 Å². The summed E-state index contributed by atoms with van der Waals surface area (Å²) in [6, 6.07) is 13.1. The third-order valence-corrected chi connectivity index (χ3v) is 4.47. The van der Waals surface area contributed by atoms with E-state index in [-0.39, 0.29) is 12.3 Å². The zero-order chi connectivity index (χ0) is 19.6. The number of benzene rings is 2. The Kier molecular flexibility index (Phi) is 8.14. The molecule has 0 heterocycles. The largest absolute Gasteiger partial charge is 0.496 e. The molecular weight excluding hydrogens is 366 g/mol. The summed E-state index contributed by atoms with van der Waals surface area (Å²) in [5.74, 6) is -0.476. The van der Waals surface area contributed by atoms with E-state index >= 15 is 0 Å². The van der Waals surface area contributed by atoms with Gasteiger partial charge in [0.25, 0.3) is 5.91 Å². The van der Waals surface area contributed by atoms with Gasteiger partial charge >= 0.3 is 5.97 Å². The number of nitrogens with one attached hydrogen (secondary N) is 1. The molecule has 0 unspecified atom stereocenters. The molecule has 144 valence electrons. The van der Waals surface area contributed by atoms with Crippen LogP contribution in [0.25, 0.3) is 0 Å². The van der Waals surface area contributed by atoms with Crippen molar-refractivity contribution in [3.8, 4) is 5.75 Å². The third kappa shape index (κ3) is 6.94. The Morgan fingerprint density at radius 3 is 2.33 bits per heavy atom. The first kappa shape index (κ1) is 20.8. The van der Waals surface area contributed by atoms with Crippen LogP contribution in [-0.4, -0.2) is 30.6 Å². The number of amides is 1. The van der Waals surface area contributed by atoms with Gasteiger partial charge in [0, 0.05) is 18.0 Å².